The highest BCUT2D eigenvalue weighted by Gasteiger charge is 2.33. The molecule has 4 heteroatoms. The maximum absolute atomic E-state index is 6.24. The Morgan fingerprint density at radius 2 is 2.29 bits per heavy atom. The van der Waals surface area contributed by atoms with Gasteiger partial charge in [-0.15, -0.1) is 0 Å². The largest absolute Gasteiger partial charge is 0.322 e. The van der Waals surface area contributed by atoms with Crippen molar-refractivity contribution in [1.29, 1.82) is 0 Å². The molecule has 1 heterocycles. The van der Waals surface area contributed by atoms with Crippen LogP contribution in [-0.2, 0) is 5.54 Å². The van der Waals surface area contributed by atoms with Crippen molar-refractivity contribution in [2.75, 3.05) is 0 Å². The summed E-state index contributed by atoms with van der Waals surface area (Å²) in [5.74, 6) is 0. The highest BCUT2D eigenvalue weighted by Crippen LogP contribution is 2.29. The van der Waals surface area contributed by atoms with Gasteiger partial charge in [0.05, 0.1) is 16.1 Å². The number of allylic oxidation sites excluding steroid dienone is 2. The molecule has 0 bridgehead atoms. The van der Waals surface area contributed by atoms with E-state index in [0.29, 0.717) is 0 Å². The normalized spacial score (nSPS) is 30.9. The Bertz CT molecular complexity index is 394. The molecule has 0 saturated heterocycles. The first-order valence-corrected chi connectivity index (χ1v) is 5.24. The van der Waals surface area contributed by atoms with E-state index in [9.17, 15) is 0 Å². The van der Waals surface area contributed by atoms with Gasteiger partial charge in [0.2, 0.25) is 0 Å². The van der Waals surface area contributed by atoms with Crippen molar-refractivity contribution in [2.24, 2.45) is 11.5 Å². The van der Waals surface area contributed by atoms with Gasteiger partial charge >= 0.3 is 0 Å². The molecule has 3 nitrogen and oxygen atoms in total. The maximum Gasteiger partial charge on any atom is 0.0897 e. The van der Waals surface area contributed by atoms with Crippen molar-refractivity contribution in [3.8, 4) is 0 Å². The van der Waals surface area contributed by atoms with Crippen molar-refractivity contribution in [2.45, 2.75) is 18.5 Å². The molecule has 74 valence electrons. The third-order valence-corrected chi connectivity index (χ3v) is 3.46. The number of rotatable bonds is 1. The van der Waals surface area contributed by atoms with Gasteiger partial charge in [-0.05, 0) is 24.5 Å². The van der Waals surface area contributed by atoms with E-state index in [0.717, 1.165) is 10.6 Å². The van der Waals surface area contributed by atoms with Gasteiger partial charge in [0, 0.05) is 6.04 Å². The number of hydrogen-bond acceptors (Lipinski definition) is 4. The van der Waals surface area contributed by atoms with Crippen molar-refractivity contribution in [3.05, 3.63) is 40.9 Å². The summed E-state index contributed by atoms with van der Waals surface area (Å²) in [6.45, 7) is 1.96. The lowest BCUT2D eigenvalue weighted by molar-refractivity contribution is 0.501. The van der Waals surface area contributed by atoms with Crippen LogP contribution in [0.2, 0.25) is 0 Å². The van der Waals surface area contributed by atoms with Gasteiger partial charge in [-0.25, -0.2) is 0 Å². The number of nitrogens with zero attached hydrogens (tertiary/aromatic N) is 1. The lowest BCUT2D eigenvalue weighted by Crippen LogP contribution is -2.50. The molecule has 0 aromatic carbocycles. The van der Waals surface area contributed by atoms with E-state index in [2.05, 4.69) is 4.37 Å². The van der Waals surface area contributed by atoms with Crippen LogP contribution in [0.3, 0.4) is 0 Å². The van der Waals surface area contributed by atoms with Gasteiger partial charge in [-0.3, -0.25) is 0 Å². The van der Waals surface area contributed by atoms with E-state index in [1.165, 1.54) is 11.5 Å². The summed E-state index contributed by atoms with van der Waals surface area (Å²) in [5.41, 5.74) is 12.6. The van der Waals surface area contributed by atoms with E-state index in [-0.39, 0.29) is 6.04 Å². The minimum absolute atomic E-state index is 0.174. The average Bonchev–Trinajstić information content (AvgIpc) is 2.58. The molecule has 0 spiro atoms. The zero-order chi connectivity index (χ0) is 10.2. The van der Waals surface area contributed by atoms with Crippen LogP contribution in [0.1, 0.15) is 10.6 Å². The Hall–Kier alpha value is -0.970. The zero-order valence-corrected chi connectivity index (χ0v) is 8.79. The number of aromatic nitrogens is 1. The smallest absolute Gasteiger partial charge is 0.0897 e. The molecule has 1 aromatic rings. The molecule has 2 unspecified atom stereocenters. The van der Waals surface area contributed by atoms with Crippen molar-refractivity contribution >= 4 is 11.5 Å². The molecule has 1 aromatic heterocycles. The third-order valence-electron chi connectivity index (χ3n) is 2.41. The summed E-state index contributed by atoms with van der Waals surface area (Å²) in [5, 5.41) is 0. The number of hydrogen-bond donors (Lipinski definition) is 2. The van der Waals surface area contributed by atoms with Gasteiger partial charge in [0.1, 0.15) is 0 Å². The first kappa shape index (κ1) is 9.58. The average molecular weight is 207 g/mol. The Morgan fingerprint density at radius 1 is 1.50 bits per heavy atom. The Balaban J connectivity index is 2.41. The molecular weight excluding hydrogens is 194 g/mol. The topological polar surface area (TPSA) is 64.9 Å². The molecule has 14 heavy (non-hydrogen) atoms. The van der Waals surface area contributed by atoms with E-state index < -0.39 is 5.54 Å². The van der Waals surface area contributed by atoms with Crippen LogP contribution in [0.25, 0.3) is 0 Å². The van der Waals surface area contributed by atoms with E-state index >= 15 is 0 Å². The molecule has 0 aliphatic heterocycles. The van der Waals surface area contributed by atoms with Gasteiger partial charge < -0.3 is 11.5 Å². The summed E-state index contributed by atoms with van der Waals surface area (Å²) in [4.78, 5) is 1.02. The Morgan fingerprint density at radius 3 is 2.86 bits per heavy atom. The summed E-state index contributed by atoms with van der Waals surface area (Å²) in [7, 11) is 0. The van der Waals surface area contributed by atoms with Crippen LogP contribution in [0.4, 0.5) is 0 Å². The molecular formula is C10H13N3S. The highest BCUT2D eigenvalue weighted by molar-refractivity contribution is 7.06. The second kappa shape index (κ2) is 3.31. The third kappa shape index (κ3) is 1.41. The Kier molecular flexibility index (Phi) is 2.26. The van der Waals surface area contributed by atoms with Crippen molar-refractivity contribution in [1.82, 2.24) is 4.37 Å². The lowest BCUT2D eigenvalue weighted by Gasteiger charge is -2.30. The second-order valence-corrected chi connectivity index (χ2v) is 4.34. The molecule has 0 saturated carbocycles. The second-order valence-electron chi connectivity index (χ2n) is 3.54. The van der Waals surface area contributed by atoms with Crippen molar-refractivity contribution in [3.63, 3.8) is 0 Å². The van der Waals surface area contributed by atoms with Crippen LogP contribution < -0.4 is 11.5 Å². The van der Waals surface area contributed by atoms with Crippen LogP contribution in [0.5, 0.6) is 0 Å². The lowest BCUT2D eigenvalue weighted by atomic mass is 9.86. The first-order valence-electron chi connectivity index (χ1n) is 4.47. The minimum atomic E-state index is -0.583. The molecule has 2 rings (SSSR count). The standard InChI is InChI=1S/C10H13N3S/c1-7-6-9(14-13-7)10(12)5-3-2-4-8(10)11/h2-6,8H,11-12H2,1H3. The summed E-state index contributed by atoms with van der Waals surface area (Å²) in [6, 6.07) is 1.82. The highest BCUT2D eigenvalue weighted by atomic mass is 32.1. The predicted molar refractivity (Wildman–Crippen MR) is 59.0 cm³/mol. The van der Waals surface area contributed by atoms with Gasteiger partial charge in [-0.1, -0.05) is 24.3 Å². The van der Waals surface area contributed by atoms with Gasteiger partial charge in [0.25, 0.3) is 0 Å². The summed E-state index contributed by atoms with van der Waals surface area (Å²) >= 11 is 1.42. The van der Waals surface area contributed by atoms with E-state index in [1.54, 1.807) is 0 Å². The monoisotopic (exact) mass is 207 g/mol. The molecule has 0 amide bonds. The minimum Gasteiger partial charge on any atom is -0.322 e. The molecule has 2 atom stereocenters. The van der Waals surface area contributed by atoms with E-state index in [1.807, 2.05) is 37.3 Å². The van der Waals surface area contributed by atoms with E-state index in [4.69, 9.17) is 11.5 Å². The fraction of sp³-hybridized carbons (Fsp3) is 0.300. The number of nitrogens with two attached hydrogens (primary N) is 2. The predicted octanol–water partition coefficient (Wildman–Crippen LogP) is 1.06. The van der Waals surface area contributed by atoms with Crippen LogP contribution in [-0.4, -0.2) is 10.4 Å². The first-order chi connectivity index (χ1) is 6.63. The molecule has 4 N–H and O–H groups in total. The van der Waals surface area contributed by atoms with Gasteiger partial charge in [-0.2, -0.15) is 4.37 Å². The molecule has 0 fully saturated rings. The van der Waals surface area contributed by atoms with Crippen LogP contribution in [0, 0.1) is 6.92 Å². The Labute approximate surface area is 87.3 Å². The summed E-state index contributed by atoms with van der Waals surface area (Å²) < 4.78 is 4.22. The SMILES string of the molecule is Cc1cc(C2(N)C=CC=CC2N)sn1. The van der Waals surface area contributed by atoms with Gasteiger partial charge in [0.15, 0.2) is 0 Å². The maximum atomic E-state index is 6.24. The summed E-state index contributed by atoms with van der Waals surface area (Å²) in [6.07, 6.45) is 7.70. The molecule has 1 aliphatic rings. The molecule has 1 aliphatic carbocycles. The zero-order valence-electron chi connectivity index (χ0n) is 7.97. The fourth-order valence-electron chi connectivity index (χ4n) is 1.48. The number of aryl methyl sites for hydroxylation is 1. The fourth-order valence-corrected chi connectivity index (χ4v) is 2.36. The molecule has 0 radical (unpaired) electrons. The van der Waals surface area contributed by atoms with Crippen LogP contribution >= 0.6 is 11.5 Å². The van der Waals surface area contributed by atoms with Crippen molar-refractivity contribution < 1.29 is 0 Å². The quantitative estimate of drug-likeness (QED) is 0.723. The van der Waals surface area contributed by atoms with Crippen LogP contribution in [0.15, 0.2) is 30.4 Å².